The number of benzene rings is 2. The van der Waals surface area contributed by atoms with Crippen LogP contribution in [0.4, 0.5) is 0 Å². The fourth-order valence-electron chi connectivity index (χ4n) is 3.06. The number of hydrogen-bond acceptors (Lipinski definition) is 4. The van der Waals surface area contributed by atoms with Crippen molar-refractivity contribution in [2.24, 2.45) is 0 Å². The first-order valence-corrected chi connectivity index (χ1v) is 9.15. The maximum Gasteiger partial charge on any atom is 0.165 e. The minimum atomic E-state index is -0.572. The van der Waals surface area contributed by atoms with Crippen LogP contribution in [0.25, 0.3) is 0 Å². The van der Waals surface area contributed by atoms with Crippen LogP contribution < -0.4 is 0 Å². The summed E-state index contributed by atoms with van der Waals surface area (Å²) < 4.78 is 17.8. The van der Waals surface area contributed by atoms with E-state index < -0.39 is 6.10 Å². The number of ether oxygens (including phenoxy) is 3. The third kappa shape index (κ3) is 5.77. The summed E-state index contributed by atoms with van der Waals surface area (Å²) in [7, 11) is 0. The van der Waals surface area contributed by atoms with Crippen LogP contribution in [-0.2, 0) is 32.2 Å². The molecule has 140 valence electrons. The van der Waals surface area contributed by atoms with Crippen molar-refractivity contribution in [3.8, 4) is 12.3 Å². The van der Waals surface area contributed by atoms with E-state index in [1.54, 1.807) is 0 Å². The van der Waals surface area contributed by atoms with E-state index in [-0.39, 0.29) is 24.4 Å². The first-order valence-electron chi connectivity index (χ1n) is 9.15. The van der Waals surface area contributed by atoms with Crippen LogP contribution in [0, 0.1) is 12.3 Å². The molecule has 1 heterocycles. The molecule has 3 atom stereocenters. The Morgan fingerprint density at radius 2 is 1.63 bits per heavy atom. The van der Waals surface area contributed by atoms with Crippen LogP contribution >= 0.6 is 0 Å². The van der Waals surface area contributed by atoms with Gasteiger partial charge in [0.25, 0.3) is 0 Å². The van der Waals surface area contributed by atoms with Gasteiger partial charge in [0.1, 0.15) is 12.2 Å². The second-order valence-electron chi connectivity index (χ2n) is 6.58. The molecule has 0 bridgehead atoms. The van der Waals surface area contributed by atoms with Crippen molar-refractivity contribution in [2.75, 3.05) is 6.61 Å². The van der Waals surface area contributed by atoms with E-state index in [0.29, 0.717) is 26.2 Å². The van der Waals surface area contributed by atoms with E-state index in [0.717, 1.165) is 11.1 Å². The number of ketones is 1. The van der Waals surface area contributed by atoms with E-state index in [1.165, 1.54) is 0 Å². The minimum Gasteiger partial charge on any atom is -0.374 e. The number of hydrogen-bond donors (Lipinski definition) is 0. The average molecular weight is 364 g/mol. The van der Waals surface area contributed by atoms with E-state index >= 15 is 0 Å². The summed E-state index contributed by atoms with van der Waals surface area (Å²) in [5.74, 6) is 2.51. The lowest BCUT2D eigenvalue weighted by Crippen LogP contribution is -2.48. The van der Waals surface area contributed by atoms with Crippen molar-refractivity contribution in [3.05, 3.63) is 71.8 Å². The SMILES string of the molecule is C#CCC1O[C@H](COCc2ccccc2)[C@@H](OCc2ccccc2)CC1=O. The molecule has 0 radical (unpaired) electrons. The van der Waals surface area contributed by atoms with Crippen LogP contribution in [0.15, 0.2) is 60.7 Å². The molecule has 0 N–H and O–H groups in total. The minimum absolute atomic E-state index is 0.00896. The first-order chi connectivity index (χ1) is 13.3. The Kier molecular flexibility index (Phi) is 7.18. The molecule has 27 heavy (non-hydrogen) atoms. The normalized spacial score (nSPS) is 22.3. The summed E-state index contributed by atoms with van der Waals surface area (Å²) in [6, 6.07) is 19.8. The van der Waals surface area contributed by atoms with Gasteiger partial charge in [-0.25, -0.2) is 0 Å². The maximum absolute atomic E-state index is 12.3. The highest BCUT2D eigenvalue weighted by atomic mass is 16.6. The highest BCUT2D eigenvalue weighted by Crippen LogP contribution is 2.23. The summed E-state index contributed by atoms with van der Waals surface area (Å²) in [5.41, 5.74) is 2.14. The van der Waals surface area contributed by atoms with Crippen LogP contribution in [0.5, 0.6) is 0 Å². The van der Waals surface area contributed by atoms with Gasteiger partial charge < -0.3 is 14.2 Å². The van der Waals surface area contributed by atoms with Crippen molar-refractivity contribution >= 4 is 5.78 Å². The molecule has 2 aromatic carbocycles. The largest absolute Gasteiger partial charge is 0.374 e. The van der Waals surface area contributed by atoms with Gasteiger partial charge in [-0.2, -0.15) is 0 Å². The molecule has 1 fully saturated rings. The monoisotopic (exact) mass is 364 g/mol. The fourth-order valence-corrected chi connectivity index (χ4v) is 3.06. The Balaban J connectivity index is 1.59. The Hall–Kier alpha value is -2.45. The fraction of sp³-hybridized carbons (Fsp3) is 0.348. The Bertz CT molecular complexity index is 751. The number of carbonyl (C=O) groups excluding carboxylic acids is 1. The van der Waals surface area contributed by atoms with E-state index in [9.17, 15) is 4.79 Å². The molecule has 0 spiro atoms. The van der Waals surface area contributed by atoms with Crippen LogP contribution in [0.1, 0.15) is 24.0 Å². The lowest BCUT2D eigenvalue weighted by atomic mass is 9.98. The molecule has 2 aromatic rings. The van der Waals surface area contributed by atoms with Gasteiger partial charge in [-0.15, -0.1) is 12.3 Å². The molecule has 0 aliphatic carbocycles. The Morgan fingerprint density at radius 1 is 1.00 bits per heavy atom. The van der Waals surface area contributed by atoms with Crippen molar-refractivity contribution in [1.29, 1.82) is 0 Å². The Morgan fingerprint density at radius 3 is 2.26 bits per heavy atom. The van der Waals surface area contributed by atoms with Crippen molar-refractivity contribution in [2.45, 2.75) is 44.4 Å². The predicted molar refractivity (Wildman–Crippen MR) is 103 cm³/mol. The smallest absolute Gasteiger partial charge is 0.165 e. The standard InChI is InChI=1S/C23H24O4/c1-2-9-21-20(24)14-22(26-16-19-12-7-4-8-13-19)23(27-21)17-25-15-18-10-5-3-6-11-18/h1,3-8,10-13,21-23H,9,14-17H2/t21?,22-,23+/m0/s1. The summed E-state index contributed by atoms with van der Waals surface area (Å²) >= 11 is 0. The number of Topliss-reactive ketones (excluding diaryl/α,β-unsaturated/α-hetero) is 1. The Labute approximate surface area is 160 Å². The van der Waals surface area contributed by atoms with Gasteiger partial charge in [-0.1, -0.05) is 60.7 Å². The molecule has 1 saturated heterocycles. The van der Waals surface area contributed by atoms with Crippen LogP contribution in [0.3, 0.4) is 0 Å². The zero-order chi connectivity index (χ0) is 18.9. The van der Waals surface area contributed by atoms with Gasteiger partial charge in [-0.05, 0) is 11.1 Å². The molecule has 1 aliphatic rings. The number of terminal acetylenes is 1. The lowest BCUT2D eigenvalue weighted by molar-refractivity contribution is -0.176. The summed E-state index contributed by atoms with van der Waals surface area (Å²) in [6.07, 6.45) is 4.69. The zero-order valence-electron chi connectivity index (χ0n) is 15.3. The molecule has 4 heteroatoms. The molecule has 0 aromatic heterocycles. The average Bonchev–Trinajstić information content (AvgIpc) is 2.71. The number of rotatable bonds is 8. The topological polar surface area (TPSA) is 44.8 Å². The predicted octanol–water partition coefficient (Wildman–Crippen LogP) is 3.54. The molecule has 1 aliphatic heterocycles. The molecule has 0 amide bonds. The number of carbonyl (C=O) groups is 1. The maximum atomic E-state index is 12.3. The van der Waals surface area contributed by atoms with Gasteiger partial charge in [0.05, 0.1) is 25.9 Å². The molecule has 1 unspecified atom stereocenters. The summed E-state index contributed by atoms with van der Waals surface area (Å²) in [4.78, 5) is 12.3. The van der Waals surface area contributed by atoms with Gasteiger partial charge in [0.2, 0.25) is 0 Å². The van der Waals surface area contributed by atoms with Gasteiger partial charge in [0, 0.05) is 12.8 Å². The first kappa shape index (κ1) is 19.3. The third-order valence-corrected chi connectivity index (χ3v) is 4.52. The zero-order valence-corrected chi connectivity index (χ0v) is 15.3. The van der Waals surface area contributed by atoms with E-state index in [4.69, 9.17) is 20.6 Å². The van der Waals surface area contributed by atoms with E-state index in [1.807, 2.05) is 60.7 Å². The highest BCUT2D eigenvalue weighted by Gasteiger charge is 2.37. The molecule has 3 rings (SSSR count). The van der Waals surface area contributed by atoms with Gasteiger partial charge in [-0.3, -0.25) is 4.79 Å². The molecular weight excluding hydrogens is 340 g/mol. The highest BCUT2D eigenvalue weighted by molar-refractivity contribution is 5.84. The van der Waals surface area contributed by atoms with Gasteiger partial charge in [0.15, 0.2) is 5.78 Å². The molecule has 0 saturated carbocycles. The molecular formula is C23H24O4. The van der Waals surface area contributed by atoms with Crippen molar-refractivity contribution in [1.82, 2.24) is 0 Å². The van der Waals surface area contributed by atoms with E-state index in [2.05, 4.69) is 5.92 Å². The van der Waals surface area contributed by atoms with Crippen molar-refractivity contribution < 1.29 is 19.0 Å². The van der Waals surface area contributed by atoms with Crippen LogP contribution in [-0.4, -0.2) is 30.7 Å². The quantitative estimate of drug-likeness (QED) is 0.672. The summed E-state index contributed by atoms with van der Waals surface area (Å²) in [5, 5.41) is 0. The molecule has 4 nitrogen and oxygen atoms in total. The summed E-state index contributed by atoms with van der Waals surface area (Å²) in [6.45, 7) is 1.26. The van der Waals surface area contributed by atoms with Crippen molar-refractivity contribution in [3.63, 3.8) is 0 Å². The van der Waals surface area contributed by atoms with Crippen LogP contribution in [0.2, 0.25) is 0 Å². The van der Waals surface area contributed by atoms with Gasteiger partial charge >= 0.3 is 0 Å². The second kappa shape index (κ2) is 10.0. The lowest BCUT2D eigenvalue weighted by Gasteiger charge is -2.35. The second-order valence-corrected chi connectivity index (χ2v) is 6.58. The third-order valence-electron chi connectivity index (χ3n) is 4.52.